The molecular formula is C8H15F2NO2. The summed E-state index contributed by atoms with van der Waals surface area (Å²) in [6.07, 6.45) is -3.03. The van der Waals surface area contributed by atoms with Gasteiger partial charge in [-0.2, -0.15) is 0 Å². The maximum Gasteiger partial charge on any atom is 0.245 e. The molecule has 1 fully saturated rings. The smallest absolute Gasteiger partial charge is 0.245 e. The Morgan fingerprint density at radius 2 is 2.15 bits per heavy atom. The number of halogens is 2. The van der Waals surface area contributed by atoms with E-state index in [4.69, 9.17) is 15.2 Å². The lowest BCUT2D eigenvalue weighted by atomic mass is 10.0. The van der Waals surface area contributed by atoms with Gasteiger partial charge < -0.3 is 15.2 Å². The van der Waals surface area contributed by atoms with Crippen molar-refractivity contribution in [2.45, 2.75) is 32.2 Å². The molecule has 2 atom stereocenters. The predicted octanol–water partition coefficient (Wildman–Crippen LogP) is 0.978. The van der Waals surface area contributed by atoms with Crippen LogP contribution < -0.4 is 5.73 Å². The lowest BCUT2D eigenvalue weighted by molar-refractivity contribution is -0.150. The molecule has 13 heavy (non-hydrogen) atoms. The van der Waals surface area contributed by atoms with E-state index in [2.05, 4.69) is 0 Å². The summed E-state index contributed by atoms with van der Waals surface area (Å²) in [6.45, 7) is 3.51. The molecule has 0 saturated carbocycles. The van der Waals surface area contributed by atoms with E-state index in [0.717, 1.165) is 0 Å². The zero-order valence-corrected chi connectivity index (χ0v) is 7.80. The highest BCUT2D eigenvalue weighted by Gasteiger charge is 2.40. The molecule has 0 aromatic carbocycles. The highest BCUT2D eigenvalue weighted by molar-refractivity contribution is 4.79. The van der Waals surface area contributed by atoms with Gasteiger partial charge >= 0.3 is 0 Å². The Kier molecular flexibility index (Phi) is 3.21. The van der Waals surface area contributed by atoms with Crippen molar-refractivity contribution in [2.24, 2.45) is 11.7 Å². The molecule has 0 aromatic heterocycles. The van der Waals surface area contributed by atoms with E-state index in [1.807, 2.05) is 0 Å². The number of hydrogen-bond donors (Lipinski definition) is 1. The monoisotopic (exact) mass is 195 g/mol. The van der Waals surface area contributed by atoms with Crippen LogP contribution in [0.3, 0.4) is 0 Å². The topological polar surface area (TPSA) is 44.5 Å². The normalized spacial score (nSPS) is 29.5. The molecule has 1 rings (SSSR count). The van der Waals surface area contributed by atoms with Crippen molar-refractivity contribution < 1.29 is 18.3 Å². The second kappa shape index (κ2) is 3.86. The summed E-state index contributed by atoms with van der Waals surface area (Å²) >= 11 is 0. The molecule has 2 N–H and O–H groups in total. The van der Waals surface area contributed by atoms with Crippen LogP contribution in [0.25, 0.3) is 0 Å². The molecule has 0 spiro atoms. The first kappa shape index (κ1) is 10.8. The van der Waals surface area contributed by atoms with Crippen LogP contribution in [-0.4, -0.2) is 31.5 Å². The van der Waals surface area contributed by atoms with E-state index in [1.54, 1.807) is 13.8 Å². The van der Waals surface area contributed by atoms with Gasteiger partial charge in [-0.1, -0.05) is 0 Å². The van der Waals surface area contributed by atoms with Gasteiger partial charge in [0.15, 0.2) is 5.79 Å². The maximum atomic E-state index is 12.4. The van der Waals surface area contributed by atoms with Gasteiger partial charge in [0.1, 0.15) is 0 Å². The van der Waals surface area contributed by atoms with Crippen LogP contribution in [0.4, 0.5) is 8.78 Å². The Labute approximate surface area is 76.2 Å². The average Bonchev–Trinajstić information content (AvgIpc) is 2.31. The Morgan fingerprint density at radius 3 is 2.46 bits per heavy atom. The SMILES string of the molecule is CC1(C)OCC(C(CN)C(F)F)O1. The third-order valence-corrected chi connectivity index (χ3v) is 2.10. The van der Waals surface area contributed by atoms with E-state index in [1.165, 1.54) is 0 Å². The molecular weight excluding hydrogens is 180 g/mol. The van der Waals surface area contributed by atoms with Crippen LogP contribution in [0.1, 0.15) is 13.8 Å². The van der Waals surface area contributed by atoms with Crippen LogP contribution in [0.5, 0.6) is 0 Å². The number of alkyl halides is 2. The molecule has 0 aliphatic carbocycles. The Morgan fingerprint density at radius 1 is 1.54 bits per heavy atom. The standard InChI is InChI=1S/C8H15F2NO2/c1-8(2)12-4-6(13-8)5(3-11)7(9)10/h5-7H,3-4,11H2,1-2H3. The van der Waals surface area contributed by atoms with Gasteiger partial charge in [-0.15, -0.1) is 0 Å². The summed E-state index contributed by atoms with van der Waals surface area (Å²) in [7, 11) is 0. The van der Waals surface area contributed by atoms with Gasteiger partial charge in [-0.3, -0.25) is 0 Å². The lowest BCUT2D eigenvalue weighted by Crippen LogP contribution is -2.36. The lowest BCUT2D eigenvalue weighted by Gasteiger charge is -2.22. The Balaban J connectivity index is 2.53. The number of ether oxygens (including phenoxy) is 2. The fraction of sp³-hybridized carbons (Fsp3) is 1.00. The van der Waals surface area contributed by atoms with Crippen molar-refractivity contribution in [1.82, 2.24) is 0 Å². The first-order valence-corrected chi connectivity index (χ1v) is 4.26. The van der Waals surface area contributed by atoms with Crippen LogP contribution in [0.15, 0.2) is 0 Å². The molecule has 0 aromatic rings. The summed E-state index contributed by atoms with van der Waals surface area (Å²) in [5.74, 6) is -1.69. The molecule has 78 valence electrons. The summed E-state index contributed by atoms with van der Waals surface area (Å²) < 4.78 is 35.2. The maximum absolute atomic E-state index is 12.4. The Hall–Kier alpha value is -0.260. The van der Waals surface area contributed by atoms with E-state index in [0.29, 0.717) is 0 Å². The molecule has 0 radical (unpaired) electrons. The fourth-order valence-corrected chi connectivity index (χ4v) is 1.34. The van der Waals surface area contributed by atoms with Gasteiger partial charge in [0, 0.05) is 6.54 Å². The first-order valence-electron chi connectivity index (χ1n) is 4.26. The van der Waals surface area contributed by atoms with E-state index in [9.17, 15) is 8.78 Å². The van der Waals surface area contributed by atoms with E-state index < -0.39 is 24.2 Å². The molecule has 3 nitrogen and oxygen atoms in total. The van der Waals surface area contributed by atoms with Crippen LogP contribution >= 0.6 is 0 Å². The van der Waals surface area contributed by atoms with Gasteiger partial charge in [0.25, 0.3) is 0 Å². The fourth-order valence-electron chi connectivity index (χ4n) is 1.34. The molecule has 1 saturated heterocycles. The molecule has 5 heteroatoms. The predicted molar refractivity (Wildman–Crippen MR) is 43.5 cm³/mol. The highest BCUT2D eigenvalue weighted by atomic mass is 19.3. The van der Waals surface area contributed by atoms with Crippen LogP contribution in [-0.2, 0) is 9.47 Å². The number of nitrogens with two attached hydrogens (primary N) is 1. The van der Waals surface area contributed by atoms with Crippen molar-refractivity contribution in [1.29, 1.82) is 0 Å². The van der Waals surface area contributed by atoms with Gasteiger partial charge in [-0.25, -0.2) is 8.78 Å². The quantitative estimate of drug-likeness (QED) is 0.730. The molecule has 0 amide bonds. The van der Waals surface area contributed by atoms with E-state index >= 15 is 0 Å². The summed E-state index contributed by atoms with van der Waals surface area (Å²) in [4.78, 5) is 0. The van der Waals surface area contributed by atoms with Gasteiger partial charge in [0.2, 0.25) is 6.43 Å². The largest absolute Gasteiger partial charge is 0.348 e. The molecule has 0 bridgehead atoms. The summed E-state index contributed by atoms with van der Waals surface area (Å²) in [6, 6.07) is 0. The molecule has 2 unspecified atom stereocenters. The molecule has 1 heterocycles. The molecule has 1 aliphatic rings. The second-order valence-electron chi connectivity index (χ2n) is 3.60. The van der Waals surface area contributed by atoms with Crippen molar-refractivity contribution in [3.63, 3.8) is 0 Å². The number of hydrogen-bond acceptors (Lipinski definition) is 3. The molecule has 1 aliphatic heterocycles. The summed E-state index contributed by atoms with van der Waals surface area (Å²) in [5.41, 5.74) is 5.23. The minimum absolute atomic E-state index is 0.0816. The van der Waals surface area contributed by atoms with Crippen molar-refractivity contribution in [2.75, 3.05) is 13.2 Å². The third-order valence-electron chi connectivity index (χ3n) is 2.10. The summed E-state index contributed by atoms with van der Waals surface area (Å²) in [5, 5.41) is 0. The van der Waals surface area contributed by atoms with Gasteiger partial charge in [0.05, 0.1) is 18.6 Å². The van der Waals surface area contributed by atoms with Crippen molar-refractivity contribution in [3.05, 3.63) is 0 Å². The zero-order chi connectivity index (χ0) is 10.1. The zero-order valence-electron chi connectivity index (χ0n) is 7.80. The minimum Gasteiger partial charge on any atom is -0.348 e. The van der Waals surface area contributed by atoms with Crippen LogP contribution in [0.2, 0.25) is 0 Å². The van der Waals surface area contributed by atoms with E-state index in [-0.39, 0.29) is 13.2 Å². The average molecular weight is 195 g/mol. The third kappa shape index (κ3) is 2.59. The van der Waals surface area contributed by atoms with Crippen molar-refractivity contribution >= 4 is 0 Å². The van der Waals surface area contributed by atoms with Crippen LogP contribution in [0, 0.1) is 5.92 Å². The van der Waals surface area contributed by atoms with Gasteiger partial charge in [-0.05, 0) is 13.8 Å². The minimum atomic E-state index is -2.45. The Bertz CT molecular complexity index is 176. The van der Waals surface area contributed by atoms with Crippen molar-refractivity contribution in [3.8, 4) is 0 Å². The number of rotatable bonds is 3. The first-order chi connectivity index (χ1) is 5.96. The highest BCUT2D eigenvalue weighted by Crippen LogP contribution is 2.28. The second-order valence-corrected chi connectivity index (χ2v) is 3.60.